The molecule has 0 spiro atoms. The molecule has 2 unspecified atom stereocenters. The van der Waals surface area contributed by atoms with Gasteiger partial charge >= 0.3 is 0 Å². The maximum absolute atomic E-state index is 10.9. The number of aliphatic hydroxyl groups excluding tert-OH is 1. The lowest BCUT2D eigenvalue weighted by atomic mass is 10.0. The summed E-state index contributed by atoms with van der Waals surface area (Å²) in [5.41, 5.74) is 0. The fraction of sp³-hybridized carbons (Fsp3) is 1.00. The predicted molar refractivity (Wildman–Crippen MR) is 107 cm³/mol. The molecule has 0 aliphatic rings. The largest absolute Gasteiger partial charge is 0.393 e. The van der Waals surface area contributed by atoms with E-state index in [4.69, 9.17) is 4.55 Å². The van der Waals surface area contributed by atoms with Gasteiger partial charge in [0.05, 0.1) is 11.4 Å². The highest BCUT2D eigenvalue weighted by atomic mass is 32.2. The Labute approximate surface area is 156 Å². The summed E-state index contributed by atoms with van der Waals surface area (Å²) >= 11 is 0. The smallest absolute Gasteiger partial charge is 0.267 e. The Kier molecular flexibility index (Phi) is 16.0. The quantitative estimate of drug-likeness (QED) is 0.230. The summed E-state index contributed by atoms with van der Waals surface area (Å²) in [5, 5.41) is 9.25. The van der Waals surface area contributed by atoms with Crippen molar-refractivity contribution < 1.29 is 18.1 Å². The molecule has 5 heteroatoms. The van der Waals surface area contributed by atoms with E-state index in [9.17, 15) is 13.5 Å². The Morgan fingerprint density at radius 2 is 1.04 bits per heavy atom. The van der Waals surface area contributed by atoms with Gasteiger partial charge in [-0.3, -0.25) is 4.55 Å². The average Bonchev–Trinajstić information content (AvgIpc) is 2.55. The van der Waals surface area contributed by atoms with Crippen LogP contribution in [0, 0.1) is 0 Å². The molecule has 25 heavy (non-hydrogen) atoms. The molecule has 0 aliphatic heterocycles. The summed E-state index contributed by atoms with van der Waals surface area (Å²) in [6.07, 6.45) is 17.8. The van der Waals surface area contributed by atoms with Crippen LogP contribution in [0.5, 0.6) is 0 Å². The highest BCUT2D eigenvalue weighted by molar-refractivity contribution is 7.86. The van der Waals surface area contributed by atoms with Gasteiger partial charge in [0.2, 0.25) is 0 Å². The SMILES string of the molecule is CCCCCCCCCCCCCC(O)CCCCC(C)S(=O)(=O)O. The summed E-state index contributed by atoms with van der Waals surface area (Å²) in [4.78, 5) is 0. The van der Waals surface area contributed by atoms with Crippen molar-refractivity contribution in [2.75, 3.05) is 0 Å². The van der Waals surface area contributed by atoms with Crippen molar-refractivity contribution in [2.45, 2.75) is 128 Å². The summed E-state index contributed by atoms with van der Waals surface area (Å²) in [6.45, 7) is 3.78. The van der Waals surface area contributed by atoms with Gasteiger partial charge in [0.25, 0.3) is 10.1 Å². The van der Waals surface area contributed by atoms with Crippen molar-refractivity contribution in [1.82, 2.24) is 0 Å². The van der Waals surface area contributed by atoms with Crippen LogP contribution in [0.2, 0.25) is 0 Å². The fourth-order valence-electron chi connectivity index (χ4n) is 3.15. The molecule has 2 atom stereocenters. The molecule has 0 heterocycles. The van der Waals surface area contributed by atoms with Gasteiger partial charge in [-0.25, -0.2) is 0 Å². The van der Waals surface area contributed by atoms with Gasteiger partial charge in [-0.05, 0) is 26.2 Å². The Balaban J connectivity index is 3.32. The molecular weight excluding hydrogens is 336 g/mol. The van der Waals surface area contributed by atoms with Crippen molar-refractivity contribution in [3.05, 3.63) is 0 Å². The molecular formula is C20H42O4S. The predicted octanol–water partition coefficient (Wildman–Crippen LogP) is 5.89. The summed E-state index contributed by atoms with van der Waals surface area (Å²) < 4.78 is 30.7. The maximum atomic E-state index is 10.9. The fourth-order valence-corrected chi connectivity index (χ4v) is 3.61. The number of unbranched alkanes of at least 4 members (excludes halogenated alkanes) is 11. The van der Waals surface area contributed by atoms with E-state index in [1.54, 1.807) is 0 Å². The number of hydrogen-bond donors (Lipinski definition) is 2. The first-order chi connectivity index (χ1) is 11.9. The molecule has 2 N–H and O–H groups in total. The molecule has 0 saturated heterocycles. The van der Waals surface area contributed by atoms with Gasteiger partial charge in [-0.1, -0.05) is 90.4 Å². The lowest BCUT2D eigenvalue weighted by Gasteiger charge is -2.11. The first-order valence-electron chi connectivity index (χ1n) is 10.5. The summed E-state index contributed by atoms with van der Waals surface area (Å²) in [6, 6.07) is 0. The molecule has 0 aromatic carbocycles. The van der Waals surface area contributed by atoms with E-state index < -0.39 is 15.4 Å². The Bertz CT molecular complexity index is 381. The number of rotatable bonds is 18. The molecule has 0 bridgehead atoms. The molecule has 0 rings (SSSR count). The molecule has 0 radical (unpaired) electrons. The van der Waals surface area contributed by atoms with Gasteiger partial charge in [0.1, 0.15) is 0 Å². The van der Waals surface area contributed by atoms with Crippen molar-refractivity contribution in [2.24, 2.45) is 0 Å². The average molecular weight is 379 g/mol. The molecule has 0 amide bonds. The Morgan fingerprint density at radius 3 is 1.48 bits per heavy atom. The van der Waals surface area contributed by atoms with Gasteiger partial charge in [0.15, 0.2) is 0 Å². The number of aliphatic hydroxyl groups is 1. The van der Waals surface area contributed by atoms with E-state index in [0.717, 1.165) is 32.1 Å². The highest BCUT2D eigenvalue weighted by Gasteiger charge is 2.16. The zero-order valence-corrected chi connectivity index (χ0v) is 17.4. The van der Waals surface area contributed by atoms with Crippen LogP contribution in [-0.2, 0) is 10.1 Å². The van der Waals surface area contributed by atoms with Crippen LogP contribution < -0.4 is 0 Å². The van der Waals surface area contributed by atoms with Crippen LogP contribution in [0.1, 0.15) is 117 Å². The van der Waals surface area contributed by atoms with Crippen LogP contribution in [0.3, 0.4) is 0 Å². The second-order valence-corrected chi connectivity index (χ2v) is 9.42. The van der Waals surface area contributed by atoms with E-state index in [-0.39, 0.29) is 6.10 Å². The van der Waals surface area contributed by atoms with Crippen molar-refractivity contribution in [3.8, 4) is 0 Å². The third kappa shape index (κ3) is 17.1. The zero-order chi connectivity index (χ0) is 19.0. The molecule has 4 nitrogen and oxygen atoms in total. The van der Waals surface area contributed by atoms with E-state index in [1.165, 1.54) is 71.1 Å². The van der Waals surface area contributed by atoms with Crippen molar-refractivity contribution in [1.29, 1.82) is 0 Å². The van der Waals surface area contributed by atoms with Crippen molar-refractivity contribution in [3.63, 3.8) is 0 Å². The topological polar surface area (TPSA) is 74.6 Å². The van der Waals surface area contributed by atoms with E-state index in [2.05, 4.69) is 6.92 Å². The maximum Gasteiger partial charge on any atom is 0.267 e. The van der Waals surface area contributed by atoms with Gasteiger partial charge < -0.3 is 5.11 Å². The zero-order valence-electron chi connectivity index (χ0n) is 16.6. The first kappa shape index (κ1) is 24.9. The van der Waals surface area contributed by atoms with Gasteiger partial charge in [-0.2, -0.15) is 8.42 Å². The summed E-state index contributed by atoms with van der Waals surface area (Å²) in [5.74, 6) is 0. The number of hydrogen-bond acceptors (Lipinski definition) is 3. The molecule has 0 saturated carbocycles. The second-order valence-electron chi connectivity index (χ2n) is 7.59. The first-order valence-corrected chi connectivity index (χ1v) is 12.0. The van der Waals surface area contributed by atoms with Crippen LogP contribution in [0.25, 0.3) is 0 Å². The molecule has 0 aromatic heterocycles. The van der Waals surface area contributed by atoms with E-state index >= 15 is 0 Å². The third-order valence-corrected chi connectivity index (χ3v) is 6.30. The second kappa shape index (κ2) is 16.1. The van der Waals surface area contributed by atoms with Crippen LogP contribution in [-0.4, -0.2) is 29.4 Å². The highest BCUT2D eigenvalue weighted by Crippen LogP contribution is 2.15. The monoisotopic (exact) mass is 378 g/mol. The standard InChI is InChI=1S/C20H42O4S/c1-3-4-5-6-7-8-9-10-11-12-13-17-20(21)18-15-14-16-19(2)25(22,23)24/h19-21H,3-18H2,1-2H3,(H,22,23,24). The lowest BCUT2D eigenvalue weighted by Crippen LogP contribution is -2.16. The van der Waals surface area contributed by atoms with Crippen LogP contribution >= 0.6 is 0 Å². The van der Waals surface area contributed by atoms with Crippen LogP contribution in [0.15, 0.2) is 0 Å². The van der Waals surface area contributed by atoms with Crippen molar-refractivity contribution >= 4 is 10.1 Å². The molecule has 152 valence electrons. The summed E-state index contributed by atoms with van der Waals surface area (Å²) in [7, 11) is -3.90. The molecule has 0 fully saturated rings. The van der Waals surface area contributed by atoms with E-state index in [1.807, 2.05) is 0 Å². The minimum absolute atomic E-state index is 0.264. The normalized spacial score (nSPS) is 14.6. The van der Waals surface area contributed by atoms with E-state index in [0.29, 0.717) is 6.42 Å². The molecule has 0 aliphatic carbocycles. The minimum atomic E-state index is -3.90. The van der Waals surface area contributed by atoms with Gasteiger partial charge in [-0.15, -0.1) is 0 Å². The lowest BCUT2D eigenvalue weighted by molar-refractivity contribution is 0.147. The minimum Gasteiger partial charge on any atom is -0.393 e. The Hall–Kier alpha value is -0.130. The third-order valence-electron chi connectivity index (χ3n) is 5.05. The van der Waals surface area contributed by atoms with Crippen LogP contribution in [0.4, 0.5) is 0 Å². The van der Waals surface area contributed by atoms with Gasteiger partial charge in [0, 0.05) is 0 Å². The Morgan fingerprint density at radius 1 is 0.680 bits per heavy atom. The molecule has 0 aromatic rings.